The summed E-state index contributed by atoms with van der Waals surface area (Å²) in [5.41, 5.74) is 2.49. The zero-order valence-electron chi connectivity index (χ0n) is 14.2. The summed E-state index contributed by atoms with van der Waals surface area (Å²) < 4.78 is 5.21. The zero-order chi connectivity index (χ0) is 17.6. The molecule has 0 saturated heterocycles. The lowest BCUT2D eigenvalue weighted by Gasteiger charge is -2.09. The summed E-state index contributed by atoms with van der Waals surface area (Å²) in [7, 11) is 0. The molecule has 0 unspecified atom stereocenters. The van der Waals surface area contributed by atoms with Crippen LogP contribution >= 0.6 is 0 Å². The van der Waals surface area contributed by atoms with Gasteiger partial charge in [-0.25, -0.2) is 9.97 Å². The van der Waals surface area contributed by atoms with Crippen molar-refractivity contribution in [3.63, 3.8) is 0 Å². The Bertz CT molecular complexity index is 842. The fourth-order valence-corrected chi connectivity index (χ4v) is 2.39. The van der Waals surface area contributed by atoms with E-state index in [4.69, 9.17) is 4.42 Å². The summed E-state index contributed by atoms with van der Waals surface area (Å²) in [6.45, 7) is 4.19. The van der Waals surface area contributed by atoms with Gasteiger partial charge in [-0.15, -0.1) is 0 Å². The maximum absolute atomic E-state index is 12.3. The van der Waals surface area contributed by atoms with Gasteiger partial charge in [0.1, 0.15) is 23.1 Å². The minimum Gasteiger partial charge on any atom is -0.467 e. The third-order valence-corrected chi connectivity index (χ3v) is 3.71. The fourth-order valence-electron chi connectivity index (χ4n) is 2.39. The Balaban J connectivity index is 1.71. The van der Waals surface area contributed by atoms with Crippen LogP contribution in [0, 0.1) is 6.92 Å². The number of nitrogens with one attached hydrogen (secondary N) is 2. The molecule has 2 N–H and O–H groups in total. The third-order valence-electron chi connectivity index (χ3n) is 3.71. The van der Waals surface area contributed by atoms with Crippen molar-refractivity contribution in [3.05, 3.63) is 71.6 Å². The van der Waals surface area contributed by atoms with E-state index in [9.17, 15) is 4.79 Å². The van der Waals surface area contributed by atoms with Gasteiger partial charge in [-0.3, -0.25) is 4.79 Å². The smallest absolute Gasteiger partial charge is 0.270 e. The molecule has 3 rings (SSSR count). The van der Waals surface area contributed by atoms with Gasteiger partial charge in [-0.2, -0.15) is 0 Å². The van der Waals surface area contributed by atoms with Gasteiger partial charge in [0, 0.05) is 11.8 Å². The second-order valence-electron chi connectivity index (χ2n) is 5.62. The van der Waals surface area contributed by atoms with Crippen molar-refractivity contribution in [2.75, 3.05) is 5.32 Å². The summed E-state index contributed by atoms with van der Waals surface area (Å²) in [5.74, 6) is 1.53. The first-order chi connectivity index (χ1) is 12.1. The van der Waals surface area contributed by atoms with Gasteiger partial charge < -0.3 is 15.1 Å². The van der Waals surface area contributed by atoms with Crippen LogP contribution in [0.4, 0.5) is 11.5 Å². The average molecular weight is 336 g/mol. The van der Waals surface area contributed by atoms with Crippen molar-refractivity contribution >= 4 is 17.4 Å². The number of nitrogens with zero attached hydrogens (tertiary/aromatic N) is 2. The van der Waals surface area contributed by atoms with Crippen LogP contribution in [0.25, 0.3) is 0 Å². The summed E-state index contributed by atoms with van der Waals surface area (Å²) in [6, 6.07) is 13.3. The van der Waals surface area contributed by atoms with Gasteiger partial charge >= 0.3 is 0 Å². The number of benzene rings is 1. The van der Waals surface area contributed by atoms with E-state index in [1.807, 2.05) is 12.1 Å². The van der Waals surface area contributed by atoms with Crippen molar-refractivity contribution in [2.45, 2.75) is 26.8 Å². The molecule has 128 valence electrons. The number of amides is 1. The molecule has 0 aliphatic carbocycles. The molecule has 1 aromatic carbocycles. The van der Waals surface area contributed by atoms with E-state index >= 15 is 0 Å². The Labute approximate surface area is 146 Å². The first-order valence-corrected chi connectivity index (χ1v) is 8.16. The predicted molar refractivity (Wildman–Crippen MR) is 95.7 cm³/mol. The van der Waals surface area contributed by atoms with E-state index in [-0.39, 0.29) is 5.91 Å². The molecular formula is C19H20N4O2. The van der Waals surface area contributed by atoms with E-state index < -0.39 is 0 Å². The van der Waals surface area contributed by atoms with Gasteiger partial charge in [0.2, 0.25) is 0 Å². The Morgan fingerprint density at radius 2 is 1.96 bits per heavy atom. The largest absolute Gasteiger partial charge is 0.467 e. The van der Waals surface area contributed by atoms with Crippen molar-refractivity contribution in [1.82, 2.24) is 15.3 Å². The van der Waals surface area contributed by atoms with Crippen LogP contribution in [-0.2, 0) is 13.0 Å². The molecule has 0 aliphatic heterocycles. The highest BCUT2D eigenvalue weighted by atomic mass is 16.3. The molecule has 0 aliphatic rings. The molecule has 25 heavy (non-hydrogen) atoms. The Morgan fingerprint density at radius 1 is 1.16 bits per heavy atom. The average Bonchev–Trinajstić information content (AvgIpc) is 3.13. The maximum Gasteiger partial charge on any atom is 0.270 e. The molecule has 0 spiro atoms. The topological polar surface area (TPSA) is 80.0 Å². The highest BCUT2D eigenvalue weighted by Crippen LogP contribution is 2.16. The number of carbonyl (C=O) groups is 1. The molecule has 1 amide bonds. The second kappa shape index (κ2) is 7.61. The zero-order valence-corrected chi connectivity index (χ0v) is 14.2. The number of carbonyl (C=O) groups excluding carboxylic acids is 1. The Morgan fingerprint density at radius 3 is 2.64 bits per heavy atom. The molecule has 6 heteroatoms. The minimum atomic E-state index is -0.272. The summed E-state index contributed by atoms with van der Waals surface area (Å²) in [6.07, 6.45) is 2.56. The van der Waals surface area contributed by atoms with Gasteiger partial charge in [0.25, 0.3) is 5.91 Å². The van der Waals surface area contributed by atoms with E-state index in [0.717, 1.165) is 12.1 Å². The fraction of sp³-hybridized carbons (Fsp3) is 0.211. The van der Waals surface area contributed by atoms with E-state index in [2.05, 4.69) is 39.7 Å². The number of furan rings is 1. The summed E-state index contributed by atoms with van der Waals surface area (Å²) >= 11 is 0. The van der Waals surface area contributed by atoms with Crippen LogP contribution in [0.3, 0.4) is 0 Å². The predicted octanol–water partition coefficient (Wildman–Crippen LogP) is 3.61. The normalized spacial score (nSPS) is 10.5. The van der Waals surface area contributed by atoms with Gasteiger partial charge in [-0.05, 0) is 43.2 Å². The second-order valence-corrected chi connectivity index (χ2v) is 5.62. The van der Waals surface area contributed by atoms with Gasteiger partial charge in [0.05, 0.1) is 12.8 Å². The van der Waals surface area contributed by atoms with Crippen molar-refractivity contribution in [2.24, 2.45) is 0 Å². The van der Waals surface area contributed by atoms with E-state index in [1.54, 1.807) is 31.4 Å². The lowest BCUT2D eigenvalue weighted by Crippen LogP contribution is -2.24. The molecule has 0 bridgehead atoms. The molecular weight excluding hydrogens is 316 g/mol. The number of aromatic nitrogens is 2. The monoisotopic (exact) mass is 336 g/mol. The van der Waals surface area contributed by atoms with Crippen molar-refractivity contribution < 1.29 is 9.21 Å². The van der Waals surface area contributed by atoms with Gasteiger partial charge in [-0.1, -0.05) is 19.1 Å². The van der Waals surface area contributed by atoms with Crippen LogP contribution in [0.2, 0.25) is 0 Å². The number of aryl methyl sites for hydroxylation is 2. The van der Waals surface area contributed by atoms with Gasteiger partial charge in [0.15, 0.2) is 0 Å². The van der Waals surface area contributed by atoms with Crippen LogP contribution < -0.4 is 10.6 Å². The third kappa shape index (κ3) is 4.44. The van der Waals surface area contributed by atoms with Crippen molar-refractivity contribution in [3.8, 4) is 0 Å². The first kappa shape index (κ1) is 16.7. The molecule has 0 radical (unpaired) electrons. The first-order valence-electron chi connectivity index (χ1n) is 8.16. The minimum absolute atomic E-state index is 0.272. The van der Waals surface area contributed by atoms with Crippen LogP contribution in [0.15, 0.2) is 53.1 Å². The quantitative estimate of drug-likeness (QED) is 0.719. The van der Waals surface area contributed by atoms with E-state index in [0.29, 0.717) is 29.6 Å². The summed E-state index contributed by atoms with van der Waals surface area (Å²) in [5, 5.41) is 6.00. The van der Waals surface area contributed by atoms with Crippen LogP contribution in [0.1, 0.15) is 34.6 Å². The molecule has 0 saturated carbocycles. The number of anilines is 2. The maximum atomic E-state index is 12.3. The lowest BCUT2D eigenvalue weighted by atomic mass is 10.1. The SMILES string of the molecule is CCc1ccc(Nc2cc(C(=O)NCc3ccco3)nc(C)n2)cc1. The Hall–Kier alpha value is -3.15. The molecule has 0 atom stereocenters. The molecule has 3 aromatic rings. The molecule has 2 aromatic heterocycles. The van der Waals surface area contributed by atoms with Crippen molar-refractivity contribution in [1.29, 1.82) is 0 Å². The standard InChI is InChI=1S/C19H20N4O2/c1-3-14-6-8-15(9-7-14)23-18-11-17(21-13(2)22-18)19(24)20-12-16-5-4-10-25-16/h4-11H,3,12H2,1-2H3,(H,20,24)(H,21,22,23). The Kier molecular flexibility index (Phi) is 5.09. The highest BCUT2D eigenvalue weighted by molar-refractivity contribution is 5.93. The number of hydrogen-bond donors (Lipinski definition) is 2. The molecule has 2 heterocycles. The summed E-state index contributed by atoms with van der Waals surface area (Å²) in [4.78, 5) is 20.9. The molecule has 6 nitrogen and oxygen atoms in total. The molecule has 0 fully saturated rings. The van der Waals surface area contributed by atoms with Crippen LogP contribution in [-0.4, -0.2) is 15.9 Å². The highest BCUT2D eigenvalue weighted by Gasteiger charge is 2.11. The van der Waals surface area contributed by atoms with E-state index in [1.165, 1.54) is 5.56 Å². The lowest BCUT2D eigenvalue weighted by molar-refractivity contribution is 0.0942. The number of rotatable bonds is 6. The number of hydrogen-bond acceptors (Lipinski definition) is 5. The van der Waals surface area contributed by atoms with Crippen LogP contribution in [0.5, 0.6) is 0 Å².